The van der Waals surface area contributed by atoms with Crippen molar-refractivity contribution in [3.63, 3.8) is 0 Å². The van der Waals surface area contributed by atoms with E-state index in [0.717, 1.165) is 28.1 Å². The first-order valence-electron chi connectivity index (χ1n) is 6.22. The van der Waals surface area contributed by atoms with Gasteiger partial charge in [-0.05, 0) is 12.1 Å². The standard InChI is InChI=1S/C14H17N3OS.ClH/c15-7-10-19-9-6-13(18)17-12-5-1-3-11-4-2-8-16-14(11)12;/h1-5,8H,6-7,9-10,15H2,(H,17,18);1H. The fraction of sp³-hybridized carbons (Fsp3) is 0.286. The number of nitrogens with zero attached hydrogens (tertiary/aromatic N) is 1. The van der Waals surface area contributed by atoms with Crippen molar-refractivity contribution in [3.05, 3.63) is 36.5 Å². The largest absolute Gasteiger partial charge is 0.330 e. The molecule has 0 saturated heterocycles. The number of thioether (sulfide) groups is 1. The van der Waals surface area contributed by atoms with E-state index in [4.69, 9.17) is 5.73 Å². The van der Waals surface area contributed by atoms with E-state index < -0.39 is 0 Å². The second-order valence-corrected chi connectivity index (χ2v) is 5.30. The average molecular weight is 312 g/mol. The summed E-state index contributed by atoms with van der Waals surface area (Å²) in [4.78, 5) is 16.1. The number of carbonyl (C=O) groups excluding carboxylic acids is 1. The topological polar surface area (TPSA) is 68.0 Å². The van der Waals surface area contributed by atoms with Crippen LogP contribution in [0.15, 0.2) is 36.5 Å². The van der Waals surface area contributed by atoms with Crippen LogP contribution in [0.1, 0.15) is 6.42 Å². The number of pyridine rings is 1. The van der Waals surface area contributed by atoms with Crippen molar-refractivity contribution < 1.29 is 4.79 Å². The Bertz CT molecular complexity index is 560. The molecule has 4 nitrogen and oxygen atoms in total. The van der Waals surface area contributed by atoms with Gasteiger partial charge in [0.15, 0.2) is 0 Å². The van der Waals surface area contributed by atoms with Crippen LogP contribution in [0.3, 0.4) is 0 Å². The maximum Gasteiger partial charge on any atom is 0.225 e. The summed E-state index contributed by atoms with van der Waals surface area (Å²) in [6, 6.07) is 9.64. The molecule has 20 heavy (non-hydrogen) atoms. The summed E-state index contributed by atoms with van der Waals surface area (Å²) < 4.78 is 0. The van der Waals surface area contributed by atoms with Crippen molar-refractivity contribution in [3.8, 4) is 0 Å². The van der Waals surface area contributed by atoms with Crippen molar-refractivity contribution in [2.75, 3.05) is 23.4 Å². The molecule has 1 heterocycles. The van der Waals surface area contributed by atoms with Crippen LogP contribution in [0.4, 0.5) is 5.69 Å². The van der Waals surface area contributed by atoms with E-state index in [-0.39, 0.29) is 18.3 Å². The van der Waals surface area contributed by atoms with Gasteiger partial charge in [0.2, 0.25) is 5.91 Å². The fourth-order valence-corrected chi connectivity index (χ4v) is 2.47. The number of anilines is 1. The van der Waals surface area contributed by atoms with Crippen LogP contribution < -0.4 is 11.1 Å². The number of rotatable bonds is 6. The molecule has 0 aliphatic rings. The number of benzene rings is 1. The number of hydrogen-bond donors (Lipinski definition) is 2. The number of nitrogens with one attached hydrogen (secondary N) is 1. The molecule has 3 N–H and O–H groups in total. The molecule has 0 aliphatic carbocycles. The molecule has 0 atom stereocenters. The molecule has 6 heteroatoms. The average Bonchev–Trinajstić information content (AvgIpc) is 2.44. The monoisotopic (exact) mass is 311 g/mol. The van der Waals surface area contributed by atoms with Gasteiger partial charge in [-0.3, -0.25) is 9.78 Å². The van der Waals surface area contributed by atoms with Crippen molar-refractivity contribution in [1.82, 2.24) is 4.98 Å². The molecule has 0 bridgehead atoms. The van der Waals surface area contributed by atoms with Gasteiger partial charge in [0.1, 0.15) is 0 Å². The Hall–Kier alpha value is -1.30. The summed E-state index contributed by atoms with van der Waals surface area (Å²) in [7, 11) is 0. The lowest BCUT2D eigenvalue weighted by atomic mass is 10.2. The summed E-state index contributed by atoms with van der Waals surface area (Å²) in [5.41, 5.74) is 7.00. The summed E-state index contributed by atoms with van der Waals surface area (Å²) in [6.07, 6.45) is 2.23. The van der Waals surface area contributed by atoms with E-state index in [0.29, 0.717) is 13.0 Å². The number of nitrogens with two attached hydrogens (primary N) is 1. The van der Waals surface area contributed by atoms with E-state index in [1.807, 2.05) is 30.3 Å². The third kappa shape index (κ3) is 4.67. The molecule has 1 amide bonds. The number of fused-ring (bicyclic) bond motifs is 1. The molecule has 108 valence electrons. The minimum atomic E-state index is 0. The predicted octanol–water partition coefficient (Wildman–Crippen LogP) is 2.68. The molecule has 0 saturated carbocycles. The van der Waals surface area contributed by atoms with Crippen LogP contribution in [-0.4, -0.2) is 28.9 Å². The molecule has 0 fully saturated rings. The predicted molar refractivity (Wildman–Crippen MR) is 88.6 cm³/mol. The van der Waals surface area contributed by atoms with Crippen LogP contribution in [0.2, 0.25) is 0 Å². The van der Waals surface area contributed by atoms with Gasteiger partial charge in [-0.2, -0.15) is 11.8 Å². The van der Waals surface area contributed by atoms with Gasteiger partial charge in [0.25, 0.3) is 0 Å². The molecule has 2 rings (SSSR count). The van der Waals surface area contributed by atoms with Crippen LogP contribution in [0, 0.1) is 0 Å². The molecule has 2 aromatic rings. The normalized spacial score (nSPS) is 10.1. The van der Waals surface area contributed by atoms with Crippen LogP contribution in [0.25, 0.3) is 10.9 Å². The summed E-state index contributed by atoms with van der Waals surface area (Å²) in [6.45, 7) is 0.652. The molecule has 0 radical (unpaired) electrons. The maximum absolute atomic E-state index is 11.8. The van der Waals surface area contributed by atoms with Crippen molar-refractivity contribution >= 4 is 46.7 Å². The van der Waals surface area contributed by atoms with Crippen LogP contribution in [-0.2, 0) is 4.79 Å². The third-order valence-electron chi connectivity index (χ3n) is 2.64. The molecular weight excluding hydrogens is 294 g/mol. The van der Waals surface area contributed by atoms with Crippen LogP contribution >= 0.6 is 24.2 Å². The van der Waals surface area contributed by atoms with E-state index in [1.54, 1.807) is 18.0 Å². The van der Waals surface area contributed by atoms with Gasteiger partial charge in [-0.1, -0.05) is 18.2 Å². The lowest BCUT2D eigenvalue weighted by Crippen LogP contribution is -2.13. The smallest absolute Gasteiger partial charge is 0.225 e. The van der Waals surface area contributed by atoms with E-state index in [9.17, 15) is 4.79 Å². The van der Waals surface area contributed by atoms with Crippen molar-refractivity contribution in [1.29, 1.82) is 0 Å². The molecule has 0 aliphatic heterocycles. The Kier molecular flexibility index (Phi) is 7.36. The van der Waals surface area contributed by atoms with Crippen molar-refractivity contribution in [2.24, 2.45) is 5.73 Å². The Morgan fingerprint density at radius 3 is 2.85 bits per heavy atom. The second-order valence-electron chi connectivity index (χ2n) is 4.08. The number of hydrogen-bond acceptors (Lipinski definition) is 4. The SMILES string of the molecule is Cl.NCCSCCC(=O)Nc1cccc2cccnc12. The highest BCUT2D eigenvalue weighted by atomic mass is 35.5. The number of halogens is 1. The minimum absolute atomic E-state index is 0. The Labute approximate surface area is 128 Å². The summed E-state index contributed by atoms with van der Waals surface area (Å²) in [5, 5.41) is 3.94. The summed E-state index contributed by atoms with van der Waals surface area (Å²) in [5.74, 6) is 1.70. The Morgan fingerprint density at radius 2 is 2.05 bits per heavy atom. The lowest BCUT2D eigenvalue weighted by molar-refractivity contribution is -0.115. The third-order valence-corrected chi connectivity index (χ3v) is 3.66. The maximum atomic E-state index is 11.8. The Balaban J connectivity index is 0.00000200. The minimum Gasteiger partial charge on any atom is -0.330 e. The van der Waals surface area contributed by atoms with Gasteiger partial charge in [0, 0.05) is 36.1 Å². The fourth-order valence-electron chi connectivity index (χ4n) is 1.77. The molecule has 1 aromatic carbocycles. The number of carbonyl (C=O) groups is 1. The summed E-state index contributed by atoms with van der Waals surface area (Å²) >= 11 is 1.69. The molecular formula is C14H18ClN3OS. The van der Waals surface area contributed by atoms with Gasteiger partial charge >= 0.3 is 0 Å². The Morgan fingerprint density at radius 1 is 1.25 bits per heavy atom. The zero-order chi connectivity index (χ0) is 13.5. The van der Waals surface area contributed by atoms with Gasteiger partial charge < -0.3 is 11.1 Å². The van der Waals surface area contributed by atoms with E-state index in [1.165, 1.54) is 0 Å². The highest BCUT2D eigenvalue weighted by Crippen LogP contribution is 2.20. The first-order chi connectivity index (χ1) is 9.31. The first-order valence-corrected chi connectivity index (χ1v) is 7.38. The number of para-hydroxylation sites is 1. The highest BCUT2D eigenvalue weighted by Gasteiger charge is 2.06. The lowest BCUT2D eigenvalue weighted by Gasteiger charge is -2.07. The number of amides is 1. The molecule has 0 unspecified atom stereocenters. The molecule has 0 spiro atoms. The highest BCUT2D eigenvalue weighted by molar-refractivity contribution is 7.99. The van der Waals surface area contributed by atoms with E-state index in [2.05, 4.69) is 10.3 Å². The second kappa shape index (κ2) is 8.79. The van der Waals surface area contributed by atoms with Gasteiger partial charge in [-0.25, -0.2) is 0 Å². The number of aromatic nitrogens is 1. The van der Waals surface area contributed by atoms with Gasteiger partial charge in [0.05, 0.1) is 11.2 Å². The quantitative estimate of drug-likeness (QED) is 0.805. The zero-order valence-electron chi connectivity index (χ0n) is 11.0. The first kappa shape index (κ1) is 16.8. The van der Waals surface area contributed by atoms with E-state index >= 15 is 0 Å². The van der Waals surface area contributed by atoms with Crippen molar-refractivity contribution in [2.45, 2.75) is 6.42 Å². The van der Waals surface area contributed by atoms with Crippen LogP contribution in [0.5, 0.6) is 0 Å². The zero-order valence-corrected chi connectivity index (χ0v) is 12.7. The molecule has 1 aromatic heterocycles. The van der Waals surface area contributed by atoms with Gasteiger partial charge in [-0.15, -0.1) is 12.4 Å².